The van der Waals surface area contributed by atoms with Crippen molar-refractivity contribution in [2.24, 2.45) is 0 Å². The monoisotopic (exact) mass is 349 g/mol. The van der Waals surface area contributed by atoms with Gasteiger partial charge in [0.2, 0.25) is 0 Å². The number of rotatable bonds is 8. The van der Waals surface area contributed by atoms with E-state index in [1.165, 1.54) is 5.56 Å². The van der Waals surface area contributed by atoms with E-state index >= 15 is 0 Å². The molecule has 0 amide bonds. The Balaban J connectivity index is 1.55. The van der Waals surface area contributed by atoms with Crippen molar-refractivity contribution in [1.29, 1.82) is 0 Å². The van der Waals surface area contributed by atoms with E-state index in [2.05, 4.69) is 17.4 Å². The average Bonchev–Trinajstić information content (AvgIpc) is 2.72. The van der Waals surface area contributed by atoms with Crippen LogP contribution in [0, 0.1) is 0 Å². The van der Waals surface area contributed by atoms with Crippen molar-refractivity contribution in [3.63, 3.8) is 0 Å². The molecule has 3 rings (SSSR count). The molecule has 134 valence electrons. The molecule has 3 aromatic carbocycles. The SMILES string of the molecule is COc1ccc(CNc2cccc(OCc3ccc(OC)cc3)c2)cc1. The lowest BCUT2D eigenvalue weighted by Crippen LogP contribution is -2.00. The number of hydrogen-bond acceptors (Lipinski definition) is 4. The molecule has 0 aliphatic heterocycles. The standard InChI is InChI=1S/C22H23NO3/c1-24-20-10-6-17(7-11-20)15-23-19-4-3-5-22(14-19)26-16-18-8-12-21(25-2)13-9-18/h3-14,23H,15-16H2,1-2H3. The smallest absolute Gasteiger partial charge is 0.121 e. The van der Waals surface area contributed by atoms with Crippen LogP contribution in [0.25, 0.3) is 0 Å². The molecule has 26 heavy (non-hydrogen) atoms. The molecule has 3 aromatic rings. The predicted octanol–water partition coefficient (Wildman–Crippen LogP) is 4.89. The van der Waals surface area contributed by atoms with Gasteiger partial charge < -0.3 is 19.5 Å². The first kappa shape index (κ1) is 17.7. The van der Waals surface area contributed by atoms with Crippen LogP contribution >= 0.6 is 0 Å². The van der Waals surface area contributed by atoms with Crippen molar-refractivity contribution in [3.8, 4) is 17.2 Å². The van der Waals surface area contributed by atoms with Crippen LogP contribution in [0.1, 0.15) is 11.1 Å². The van der Waals surface area contributed by atoms with E-state index in [-0.39, 0.29) is 0 Å². The third-order valence-corrected chi connectivity index (χ3v) is 4.05. The molecule has 0 saturated carbocycles. The van der Waals surface area contributed by atoms with Crippen molar-refractivity contribution < 1.29 is 14.2 Å². The summed E-state index contributed by atoms with van der Waals surface area (Å²) in [5.41, 5.74) is 3.31. The Morgan fingerprint density at radius 1 is 0.692 bits per heavy atom. The van der Waals surface area contributed by atoms with Crippen LogP contribution in [0.2, 0.25) is 0 Å². The zero-order valence-corrected chi connectivity index (χ0v) is 15.1. The summed E-state index contributed by atoms with van der Waals surface area (Å²) < 4.78 is 16.2. The molecule has 0 bridgehead atoms. The van der Waals surface area contributed by atoms with Crippen LogP contribution < -0.4 is 19.5 Å². The minimum Gasteiger partial charge on any atom is -0.497 e. The van der Waals surface area contributed by atoms with E-state index in [1.54, 1.807) is 14.2 Å². The third kappa shape index (κ3) is 4.93. The zero-order chi connectivity index (χ0) is 18.2. The first-order valence-electron chi connectivity index (χ1n) is 8.49. The molecule has 0 heterocycles. The van der Waals surface area contributed by atoms with Gasteiger partial charge >= 0.3 is 0 Å². The lowest BCUT2D eigenvalue weighted by Gasteiger charge is -2.11. The molecule has 0 unspecified atom stereocenters. The van der Waals surface area contributed by atoms with Crippen LogP contribution in [0.15, 0.2) is 72.8 Å². The molecule has 0 radical (unpaired) electrons. The van der Waals surface area contributed by atoms with Gasteiger partial charge in [0.15, 0.2) is 0 Å². The Morgan fingerprint density at radius 3 is 1.92 bits per heavy atom. The fourth-order valence-corrected chi connectivity index (χ4v) is 2.53. The normalized spacial score (nSPS) is 10.2. The van der Waals surface area contributed by atoms with E-state index in [4.69, 9.17) is 14.2 Å². The fourth-order valence-electron chi connectivity index (χ4n) is 2.53. The van der Waals surface area contributed by atoms with E-state index in [0.29, 0.717) is 6.61 Å². The van der Waals surface area contributed by atoms with Crippen LogP contribution in [0.3, 0.4) is 0 Å². The second-order valence-electron chi connectivity index (χ2n) is 5.87. The summed E-state index contributed by atoms with van der Waals surface area (Å²) in [4.78, 5) is 0. The average molecular weight is 349 g/mol. The van der Waals surface area contributed by atoms with Crippen LogP contribution in [0.4, 0.5) is 5.69 Å². The van der Waals surface area contributed by atoms with E-state index < -0.39 is 0 Å². The molecule has 0 aliphatic carbocycles. The predicted molar refractivity (Wildman–Crippen MR) is 104 cm³/mol. The molecule has 0 atom stereocenters. The van der Waals surface area contributed by atoms with Gasteiger partial charge in [-0.15, -0.1) is 0 Å². The summed E-state index contributed by atoms with van der Waals surface area (Å²) in [6.45, 7) is 1.26. The van der Waals surface area contributed by atoms with Gasteiger partial charge in [-0.05, 0) is 47.5 Å². The van der Waals surface area contributed by atoms with E-state index in [1.807, 2.05) is 60.7 Å². The Kier molecular flexibility index (Phi) is 5.99. The molecular formula is C22H23NO3. The molecule has 0 spiro atoms. The maximum Gasteiger partial charge on any atom is 0.121 e. The Morgan fingerprint density at radius 2 is 1.31 bits per heavy atom. The van der Waals surface area contributed by atoms with Crippen LogP contribution in [-0.2, 0) is 13.2 Å². The summed E-state index contributed by atoms with van der Waals surface area (Å²) in [6, 6.07) is 23.9. The highest BCUT2D eigenvalue weighted by atomic mass is 16.5. The molecule has 0 aromatic heterocycles. The van der Waals surface area contributed by atoms with Gasteiger partial charge in [-0.25, -0.2) is 0 Å². The van der Waals surface area contributed by atoms with Crippen LogP contribution in [-0.4, -0.2) is 14.2 Å². The minimum atomic E-state index is 0.520. The molecule has 0 saturated heterocycles. The summed E-state index contributed by atoms with van der Waals surface area (Å²) in [6.07, 6.45) is 0. The topological polar surface area (TPSA) is 39.7 Å². The molecule has 4 nitrogen and oxygen atoms in total. The van der Waals surface area contributed by atoms with Gasteiger partial charge in [-0.3, -0.25) is 0 Å². The van der Waals surface area contributed by atoms with Crippen molar-refractivity contribution >= 4 is 5.69 Å². The van der Waals surface area contributed by atoms with Gasteiger partial charge in [0.05, 0.1) is 14.2 Å². The number of anilines is 1. The number of methoxy groups -OCH3 is 2. The van der Waals surface area contributed by atoms with Crippen molar-refractivity contribution in [1.82, 2.24) is 0 Å². The first-order chi connectivity index (χ1) is 12.8. The molecular weight excluding hydrogens is 326 g/mol. The Bertz CT molecular complexity index is 747. The molecule has 4 heteroatoms. The third-order valence-electron chi connectivity index (χ3n) is 4.05. The molecule has 1 N–H and O–H groups in total. The van der Waals surface area contributed by atoms with Gasteiger partial charge in [0, 0.05) is 18.3 Å². The summed E-state index contributed by atoms with van der Waals surface area (Å²) >= 11 is 0. The highest BCUT2D eigenvalue weighted by Gasteiger charge is 2.00. The van der Waals surface area contributed by atoms with Gasteiger partial charge in [0.1, 0.15) is 23.9 Å². The summed E-state index contributed by atoms with van der Waals surface area (Å²) in [5, 5.41) is 3.41. The van der Waals surface area contributed by atoms with Gasteiger partial charge in [0.25, 0.3) is 0 Å². The van der Waals surface area contributed by atoms with E-state index in [9.17, 15) is 0 Å². The van der Waals surface area contributed by atoms with Gasteiger partial charge in [-0.1, -0.05) is 30.3 Å². The van der Waals surface area contributed by atoms with Crippen LogP contribution in [0.5, 0.6) is 17.2 Å². The van der Waals surface area contributed by atoms with Gasteiger partial charge in [-0.2, -0.15) is 0 Å². The lowest BCUT2D eigenvalue weighted by molar-refractivity contribution is 0.306. The number of ether oxygens (including phenoxy) is 3. The largest absolute Gasteiger partial charge is 0.497 e. The summed E-state index contributed by atoms with van der Waals surface area (Å²) in [7, 11) is 3.33. The maximum atomic E-state index is 5.89. The number of benzene rings is 3. The Labute approximate surface area is 154 Å². The summed E-state index contributed by atoms with van der Waals surface area (Å²) in [5.74, 6) is 2.54. The molecule has 0 fully saturated rings. The minimum absolute atomic E-state index is 0.520. The second kappa shape index (κ2) is 8.81. The maximum absolute atomic E-state index is 5.89. The molecule has 0 aliphatic rings. The fraction of sp³-hybridized carbons (Fsp3) is 0.182. The highest BCUT2D eigenvalue weighted by molar-refractivity contribution is 5.48. The van der Waals surface area contributed by atoms with Crippen molar-refractivity contribution in [2.75, 3.05) is 19.5 Å². The number of hydrogen-bond donors (Lipinski definition) is 1. The lowest BCUT2D eigenvalue weighted by atomic mass is 10.2. The van der Waals surface area contributed by atoms with E-state index in [0.717, 1.165) is 35.0 Å². The first-order valence-corrected chi connectivity index (χ1v) is 8.49. The zero-order valence-electron chi connectivity index (χ0n) is 15.1. The van der Waals surface area contributed by atoms with Crippen molar-refractivity contribution in [2.45, 2.75) is 13.2 Å². The van der Waals surface area contributed by atoms with Crippen molar-refractivity contribution in [3.05, 3.63) is 83.9 Å². The second-order valence-corrected chi connectivity index (χ2v) is 5.87. The number of nitrogens with one attached hydrogen (secondary N) is 1. The highest BCUT2D eigenvalue weighted by Crippen LogP contribution is 2.20. The Hall–Kier alpha value is -3.14. The quantitative estimate of drug-likeness (QED) is 0.628.